The van der Waals surface area contributed by atoms with Gasteiger partial charge in [0, 0.05) is 11.1 Å². The second-order valence-corrected chi connectivity index (χ2v) is 5.60. The van der Waals surface area contributed by atoms with E-state index in [1.54, 1.807) is 18.2 Å². The highest BCUT2D eigenvalue weighted by atomic mass is 16.5. The molecule has 0 aliphatic rings. The van der Waals surface area contributed by atoms with Crippen LogP contribution >= 0.6 is 0 Å². The van der Waals surface area contributed by atoms with Crippen LogP contribution in [0, 0.1) is 12.3 Å². The van der Waals surface area contributed by atoms with Gasteiger partial charge in [-0.1, -0.05) is 32.1 Å². The van der Waals surface area contributed by atoms with Gasteiger partial charge in [0.05, 0.1) is 5.69 Å². The predicted molar refractivity (Wildman–Crippen MR) is 87.1 cm³/mol. The number of amides is 1. The number of aryl methyl sites for hydroxylation is 1. The fourth-order valence-electron chi connectivity index (χ4n) is 1.76. The number of benzene rings is 1. The van der Waals surface area contributed by atoms with Gasteiger partial charge in [0.25, 0.3) is 0 Å². The minimum atomic E-state index is -0.550. The summed E-state index contributed by atoms with van der Waals surface area (Å²) in [6.45, 7) is 12.0. The smallest absolute Gasteiger partial charge is 0.411 e. The van der Waals surface area contributed by atoms with E-state index in [2.05, 4.69) is 16.9 Å². The van der Waals surface area contributed by atoms with E-state index in [1.807, 2.05) is 27.7 Å². The first-order valence-corrected chi connectivity index (χ1v) is 7.10. The Labute approximate surface area is 131 Å². The lowest BCUT2D eigenvalue weighted by atomic mass is 9.82. The summed E-state index contributed by atoms with van der Waals surface area (Å²) in [5, 5.41) is 2.62. The molecule has 1 N–H and O–H groups in total. The molecular weight excluding hydrogens is 280 g/mol. The van der Waals surface area contributed by atoms with Crippen LogP contribution in [-0.4, -0.2) is 18.8 Å². The molecule has 1 aromatic rings. The quantitative estimate of drug-likeness (QED) is 0.478. The Hall–Kier alpha value is -2.39. The number of isocyanates is 1. The number of nitrogens with one attached hydrogen (secondary N) is 1. The lowest BCUT2D eigenvalue weighted by Gasteiger charge is -2.28. The lowest BCUT2D eigenvalue weighted by Crippen LogP contribution is -2.27. The Bertz CT molecular complexity index is 618. The summed E-state index contributed by atoms with van der Waals surface area (Å²) >= 11 is 0. The summed E-state index contributed by atoms with van der Waals surface area (Å²) < 4.78 is 5.27. The SMILES string of the molecule is C=C(C)C(C)(CC)COC(=O)Nc1ccc(C)c(N=C=O)c1. The summed E-state index contributed by atoms with van der Waals surface area (Å²) in [5.74, 6) is 0. The molecule has 0 aliphatic carbocycles. The third-order valence-electron chi connectivity index (χ3n) is 3.95. The van der Waals surface area contributed by atoms with E-state index in [1.165, 1.54) is 6.08 Å². The monoisotopic (exact) mass is 302 g/mol. The summed E-state index contributed by atoms with van der Waals surface area (Å²) in [6, 6.07) is 5.08. The van der Waals surface area contributed by atoms with E-state index in [0.29, 0.717) is 11.4 Å². The third-order valence-corrected chi connectivity index (χ3v) is 3.95. The molecule has 0 bridgehead atoms. The highest BCUT2D eigenvalue weighted by Gasteiger charge is 2.25. The molecule has 0 radical (unpaired) electrons. The molecule has 1 rings (SSSR count). The van der Waals surface area contributed by atoms with Gasteiger partial charge in [-0.25, -0.2) is 9.59 Å². The average molecular weight is 302 g/mol. The van der Waals surface area contributed by atoms with Crippen LogP contribution in [0.1, 0.15) is 32.8 Å². The summed E-state index contributed by atoms with van der Waals surface area (Å²) in [6.07, 6.45) is 1.77. The third kappa shape index (κ3) is 4.57. The molecule has 118 valence electrons. The van der Waals surface area contributed by atoms with Gasteiger partial charge in [-0.3, -0.25) is 5.32 Å². The predicted octanol–water partition coefficient (Wildman–Crippen LogP) is 4.50. The maximum Gasteiger partial charge on any atom is 0.411 e. The Kier molecular flexibility index (Phi) is 6.08. The molecule has 5 heteroatoms. The molecule has 0 saturated heterocycles. The largest absolute Gasteiger partial charge is 0.448 e. The zero-order valence-corrected chi connectivity index (χ0v) is 13.5. The van der Waals surface area contributed by atoms with Crippen LogP contribution in [0.25, 0.3) is 0 Å². The molecule has 0 fully saturated rings. The second kappa shape index (κ2) is 7.57. The van der Waals surface area contributed by atoms with E-state index in [4.69, 9.17) is 4.74 Å². The fraction of sp³-hybridized carbons (Fsp3) is 0.412. The number of carbonyl (C=O) groups is 1. The number of hydrogen-bond donors (Lipinski definition) is 1. The second-order valence-electron chi connectivity index (χ2n) is 5.60. The van der Waals surface area contributed by atoms with Gasteiger partial charge in [-0.15, -0.1) is 0 Å². The molecule has 1 atom stereocenters. The molecule has 1 aromatic carbocycles. The van der Waals surface area contributed by atoms with Crippen molar-refractivity contribution in [2.75, 3.05) is 11.9 Å². The van der Waals surface area contributed by atoms with Crippen LogP contribution in [0.4, 0.5) is 16.2 Å². The molecule has 22 heavy (non-hydrogen) atoms. The fourth-order valence-corrected chi connectivity index (χ4v) is 1.76. The van der Waals surface area contributed by atoms with Gasteiger partial charge < -0.3 is 4.74 Å². The van der Waals surface area contributed by atoms with Crippen LogP contribution in [0.2, 0.25) is 0 Å². The molecular formula is C17H22N2O3. The number of aliphatic imine (C=N–C) groups is 1. The normalized spacial score (nSPS) is 12.7. The first-order valence-electron chi connectivity index (χ1n) is 7.10. The van der Waals surface area contributed by atoms with Crippen LogP contribution in [0.15, 0.2) is 35.3 Å². The molecule has 1 unspecified atom stereocenters. The van der Waals surface area contributed by atoms with Crippen molar-refractivity contribution in [1.82, 2.24) is 0 Å². The summed E-state index contributed by atoms with van der Waals surface area (Å²) in [7, 11) is 0. The Morgan fingerprint density at radius 1 is 1.50 bits per heavy atom. The van der Waals surface area contributed by atoms with Crippen LogP contribution < -0.4 is 5.32 Å². The van der Waals surface area contributed by atoms with Crippen LogP contribution in [0.3, 0.4) is 0 Å². The Morgan fingerprint density at radius 2 is 2.18 bits per heavy atom. The van der Waals surface area contributed by atoms with Crippen molar-refractivity contribution in [1.29, 1.82) is 0 Å². The Balaban J connectivity index is 2.72. The highest BCUT2D eigenvalue weighted by molar-refractivity contribution is 5.85. The molecule has 0 saturated carbocycles. The highest BCUT2D eigenvalue weighted by Crippen LogP contribution is 2.29. The van der Waals surface area contributed by atoms with Gasteiger partial charge >= 0.3 is 6.09 Å². The van der Waals surface area contributed by atoms with Crippen molar-refractivity contribution in [3.63, 3.8) is 0 Å². The van der Waals surface area contributed by atoms with E-state index in [0.717, 1.165) is 17.6 Å². The van der Waals surface area contributed by atoms with Crippen molar-refractivity contribution >= 4 is 23.5 Å². The molecule has 0 spiro atoms. The van der Waals surface area contributed by atoms with Gasteiger partial charge in [0.2, 0.25) is 6.08 Å². The van der Waals surface area contributed by atoms with E-state index < -0.39 is 6.09 Å². The van der Waals surface area contributed by atoms with Gasteiger partial charge in [-0.2, -0.15) is 4.99 Å². The van der Waals surface area contributed by atoms with Crippen molar-refractivity contribution < 1.29 is 14.3 Å². The van der Waals surface area contributed by atoms with Gasteiger partial charge in [0.1, 0.15) is 6.61 Å². The first-order chi connectivity index (χ1) is 10.3. The van der Waals surface area contributed by atoms with E-state index >= 15 is 0 Å². The number of anilines is 1. The number of rotatable bonds is 6. The van der Waals surface area contributed by atoms with Gasteiger partial charge in [0.15, 0.2) is 0 Å². The van der Waals surface area contributed by atoms with E-state index in [-0.39, 0.29) is 12.0 Å². The summed E-state index contributed by atoms with van der Waals surface area (Å²) in [5.41, 5.74) is 2.53. The zero-order valence-electron chi connectivity index (χ0n) is 13.5. The number of nitrogens with zero attached hydrogens (tertiary/aromatic N) is 1. The van der Waals surface area contributed by atoms with E-state index in [9.17, 15) is 9.59 Å². The lowest BCUT2D eigenvalue weighted by molar-refractivity contribution is 0.116. The van der Waals surface area contributed by atoms with Crippen molar-refractivity contribution in [3.8, 4) is 0 Å². The van der Waals surface area contributed by atoms with Crippen LogP contribution in [-0.2, 0) is 9.53 Å². The minimum absolute atomic E-state index is 0.239. The minimum Gasteiger partial charge on any atom is -0.448 e. The van der Waals surface area contributed by atoms with Crippen molar-refractivity contribution in [3.05, 3.63) is 35.9 Å². The first kappa shape index (κ1) is 17.7. The molecule has 1 amide bonds. The maximum absolute atomic E-state index is 11.9. The topological polar surface area (TPSA) is 67.8 Å². The standard InChI is InChI=1S/C17H22N2O3/c1-6-17(5,12(2)3)10-22-16(21)19-14-8-7-13(4)15(9-14)18-11-20/h7-9H,2,6,10H2,1,3-5H3,(H,19,21). The molecule has 0 heterocycles. The number of ether oxygens (including phenoxy) is 1. The van der Waals surface area contributed by atoms with Crippen LogP contribution in [0.5, 0.6) is 0 Å². The molecule has 0 aliphatic heterocycles. The van der Waals surface area contributed by atoms with Crippen molar-refractivity contribution in [2.45, 2.75) is 34.1 Å². The Morgan fingerprint density at radius 3 is 2.73 bits per heavy atom. The zero-order chi connectivity index (χ0) is 16.8. The average Bonchev–Trinajstić information content (AvgIpc) is 2.48. The van der Waals surface area contributed by atoms with Gasteiger partial charge in [-0.05, 0) is 38.0 Å². The van der Waals surface area contributed by atoms with Crippen molar-refractivity contribution in [2.24, 2.45) is 10.4 Å². The number of carbonyl (C=O) groups excluding carboxylic acids is 2. The number of hydrogen-bond acceptors (Lipinski definition) is 4. The maximum atomic E-state index is 11.9. The summed E-state index contributed by atoms with van der Waals surface area (Å²) in [4.78, 5) is 25.8. The molecule has 0 aromatic heterocycles. The molecule has 5 nitrogen and oxygen atoms in total.